The van der Waals surface area contributed by atoms with Crippen LogP contribution in [0.1, 0.15) is 95.8 Å². The summed E-state index contributed by atoms with van der Waals surface area (Å²) in [4.78, 5) is 8.88. The van der Waals surface area contributed by atoms with E-state index in [2.05, 4.69) is 47.7 Å². The van der Waals surface area contributed by atoms with Crippen molar-refractivity contribution in [2.24, 2.45) is 0 Å². The fourth-order valence-electron chi connectivity index (χ4n) is 4.59. The molecule has 5 heteroatoms. The van der Waals surface area contributed by atoms with Crippen LogP contribution >= 0.6 is 22.7 Å². The van der Waals surface area contributed by atoms with Gasteiger partial charge in [-0.25, -0.2) is 0 Å². The van der Waals surface area contributed by atoms with Crippen LogP contribution < -0.4 is 12.4 Å². The molecule has 3 aromatic rings. The topological polar surface area (TPSA) is 18.5 Å². The Morgan fingerprint density at radius 1 is 0.629 bits per heavy atom. The molecule has 0 atom stereocenters. The number of benzene rings is 1. The van der Waals surface area contributed by atoms with E-state index in [-0.39, 0.29) is 0 Å². The van der Waals surface area contributed by atoms with Gasteiger partial charge in [0.2, 0.25) is 0 Å². The predicted octanol–water partition coefficient (Wildman–Crippen LogP) is 10.4. The Morgan fingerprint density at radius 3 is 1.60 bits per heavy atom. The minimum absolute atomic E-state index is 0.815. The van der Waals surface area contributed by atoms with Crippen molar-refractivity contribution in [3.63, 3.8) is 0 Å². The molecule has 0 saturated heterocycles. The fourth-order valence-corrected chi connectivity index (χ4v) is 12.0. The molecule has 0 unspecified atom stereocenters. The summed E-state index contributed by atoms with van der Waals surface area (Å²) in [5, 5.41) is 2.57. The molecule has 1 aromatic carbocycles. The van der Waals surface area contributed by atoms with Crippen LogP contribution in [0.4, 0.5) is 0 Å². The Hall–Kier alpha value is -0.461. The molecule has 2 nitrogen and oxygen atoms in total. The van der Waals surface area contributed by atoms with Gasteiger partial charge in [0, 0.05) is 0 Å². The van der Waals surface area contributed by atoms with Crippen LogP contribution in [0.25, 0.3) is 20.2 Å². The maximum atomic E-state index is 6.60. The van der Waals surface area contributed by atoms with E-state index in [0.29, 0.717) is 0 Å². The molecule has 0 aliphatic rings. The molecule has 0 saturated carbocycles. The second-order valence-electron chi connectivity index (χ2n) is 11.1. The molecule has 196 valence electrons. The summed E-state index contributed by atoms with van der Waals surface area (Å²) < 4.78 is 17.4. The van der Waals surface area contributed by atoms with Gasteiger partial charge in [-0.1, -0.05) is 13.8 Å². The number of hydrogen-bond acceptors (Lipinski definition) is 4. The Balaban J connectivity index is 1.84. The zero-order valence-electron chi connectivity index (χ0n) is 23.2. The number of fused-ring (bicyclic) bond motifs is 2. The fraction of sp³-hybridized carbons (Fsp3) is 0.667. The summed E-state index contributed by atoms with van der Waals surface area (Å²) in [6, 6.07) is 4.80. The van der Waals surface area contributed by atoms with Gasteiger partial charge in [-0.3, -0.25) is 0 Å². The Labute approximate surface area is 226 Å². The van der Waals surface area contributed by atoms with Gasteiger partial charge in [0.1, 0.15) is 0 Å². The first-order valence-corrected chi connectivity index (χ1v) is 25.7. The summed E-state index contributed by atoms with van der Waals surface area (Å²) in [6.07, 6.45) is 15.5. The number of hydrogen-bond donors (Lipinski definition) is 0. The molecule has 0 amide bonds. The third-order valence-corrected chi connectivity index (χ3v) is 18.3. The molecule has 2 heterocycles. The van der Waals surface area contributed by atoms with Crippen molar-refractivity contribution in [3.05, 3.63) is 17.0 Å². The van der Waals surface area contributed by atoms with Gasteiger partial charge in [-0.15, -0.1) is 0 Å². The van der Waals surface area contributed by atoms with Gasteiger partial charge in [0.05, 0.1) is 0 Å². The van der Waals surface area contributed by atoms with E-state index in [1.54, 1.807) is 2.89 Å². The summed E-state index contributed by atoms with van der Waals surface area (Å²) in [5.41, 5.74) is 0. The Morgan fingerprint density at radius 2 is 1.09 bits per heavy atom. The van der Waals surface area contributed by atoms with Crippen molar-refractivity contribution in [2.75, 3.05) is 13.2 Å². The zero-order valence-corrected chi connectivity index (χ0v) is 27.7. The second kappa shape index (κ2) is 14.5. The first-order valence-electron chi connectivity index (χ1n) is 14.1. The molecule has 0 bridgehead atoms. The van der Waals surface area contributed by atoms with E-state index in [1.807, 2.05) is 22.7 Å². The Kier molecular flexibility index (Phi) is 12.0. The van der Waals surface area contributed by atoms with Gasteiger partial charge in [-0.2, -0.15) is 0 Å². The third kappa shape index (κ3) is 8.26. The van der Waals surface area contributed by atoms with E-state index in [1.165, 1.54) is 89.3 Å². The van der Waals surface area contributed by atoms with E-state index in [4.69, 9.17) is 9.47 Å². The summed E-state index contributed by atoms with van der Waals surface area (Å²) in [5.74, 6) is 2.23. The van der Waals surface area contributed by atoms with Crippen molar-refractivity contribution >= 4 is 64.1 Å². The van der Waals surface area contributed by atoms with Gasteiger partial charge in [0.25, 0.3) is 0 Å². The Bertz CT molecular complexity index is 971. The summed E-state index contributed by atoms with van der Waals surface area (Å²) in [7, 11) is 0. The van der Waals surface area contributed by atoms with Crippen molar-refractivity contribution in [3.8, 4) is 11.5 Å². The average Bonchev–Trinajstić information content (AvgIpc) is 3.42. The second-order valence-corrected chi connectivity index (χ2v) is 28.8. The van der Waals surface area contributed by atoms with Crippen LogP contribution in [0.2, 0.25) is 14.8 Å². The normalized spacial score (nSPS) is 12.2. The third-order valence-electron chi connectivity index (χ3n) is 6.72. The van der Waals surface area contributed by atoms with Crippen molar-refractivity contribution in [1.82, 2.24) is 0 Å². The van der Waals surface area contributed by atoms with Crippen LogP contribution in [-0.4, -0.2) is 31.6 Å². The standard InChI is InChI=1S/C27H39O2S2.3CH3.Sn/c1-4-6-8-10-12-14-17-28-24-22-16-19-30-26(22)25(23-20-21(3)31-27(23)24)29-18-15-13-11-9-7-5-2;;;;/h16,20H,4-15,17-18H2,1-3H3;3*1H3;. The molecule has 0 radical (unpaired) electrons. The molecule has 35 heavy (non-hydrogen) atoms. The van der Waals surface area contributed by atoms with Crippen molar-refractivity contribution < 1.29 is 9.47 Å². The molecular weight excluding hydrogens is 575 g/mol. The number of thiophene rings is 2. The average molecular weight is 624 g/mol. The molecule has 2 aromatic heterocycles. The van der Waals surface area contributed by atoms with Gasteiger partial charge >= 0.3 is 214 Å². The van der Waals surface area contributed by atoms with E-state index < -0.39 is 18.4 Å². The van der Waals surface area contributed by atoms with E-state index in [9.17, 15) is 0 Å². The van der Waals surface area contributed by atoms with Crippen LogP contribution in [-0.2, 0) is 0 Å². The summed E-state index contributed by atoms with van der Waals surface area (Å²) in [6.45, 7) is 8.40. The van der Waals surface area contributed by atoms with Crippen molar-refractivity contribution in [2.45, 2.75) is 113 Å². The van der Waals surface area contributed by atoms with Crippen LogP contribution in [0.15, 0.2) is 12.1 Å². The number of rotatable bonds is 17. The molecular formula is C30H48O2S2Sn. The zero-order chi connectivity index (χ0) is 25.3. The van der Waals surface area contributed by atoms with Crippen LogP contribution in [0, 0.1) is 6.92 Å². The predicted molar refractivity (Wildman–Crippen MR) is 163 cm³/mol. The quantitative estimate of drug-likeness (QED) is 0.110. The number of aryl methyl sites for hydroxylation is 1. The van der Waals surface area contributed by atoms with Crippen molar-refractivity contribution in [1.29, 1.82) is 0 Å². The first kappa shape index (κ1) is 29.1. The minimum atomic E-state index is -2.22. The summed E-state index contributed by atoms with van der Waals surface area (Å²) >= 11 is 1.64. The number of ether oxygens (including phenoxy) is 2. The molecule has 0 aliphatic heterocycles. The molecule has 3 rings (SSSR count). The SMILES string of the molecule is CCCCCCCCOc1c2c[c]([Sn]([CH3])([CH3])[CH3])sc2c(OCCCCCCCC)c2cc(C)sc12. The molecule has 0 aliphatic carbocycles. The van der Waals surface area contributed by atoms with Crippen LogP contribution in [0.3, 0.4) is 0 Å². The van der Waals surface area contributed by atoms with Gasteiger partial charge < -0.3 is 0 Å². The van der Waals surface area contributed by atoms with E-state index >= 15 is 0 Å². The molecule has 0 N–H and O–H groups in total. The van der Waals surface area contributed by atoms with Gasteiger partial charge in [-0.05, 0) is 0 Å². The maximum absolute atomic E-state index is 6.60. The number of unbranched alkanes of at least 4 members (excludes halogenated alkanes) is 10. The van der Waals surface area contributed by atoms with Crippen LogP contribution in [0.5, 0.6) is 11.5 Å². The molecule has 0 fully saturated rings. The first-order chi connectivity index (χ1) is 16.9. The monoisotopic (exact) mass is 624 g/mol. The molecule has 0 spiro atoms. The van der Waals surface area contributed by atoms with Gasteiger partial charge in [0.15, 0.2) is 0 Å². The van der Waals surface area contributed by atoms with E-state index in [0.717, 1.165) is 37.6 Å².